The highest BCUT2D eigenvalue weighted by atomic mass is 32.2. The Hall–Kier alpha value is -2.80. The van der Waals surface area contributed by atoms with Gasteiger partial charge >= 0.3 is 5.97 Å². The van der Waals surface area contributed by atoms with Gasteiger partial charge in [0.05, 0.1) is 16.8 Å². The van der Waals surface area contributed by atoms with Gasteiger partial charge in [-0.2, -0.15) is 0 Å². The lowest BCUT2D eigenvalue weighted by Crippen LogP contribution is -2.11. The van der Waals surface area contributed by atoms with Gasteiger partial charge in [-0.25, -0.2) is 12.4 Å². The zero-order valence-electron chi connectivity index (χ0n) is 11.9. The maximum atomic E-state index is 12.8. The van der Waals surface area contributed by atoms with Crippen LogP contribution in [0, 0.1) is 0 Å². The van der Waals surface area contributed by atoms with E-state index >= 15 is 0 Å². The van der Waals surface area contributed by atoms with Crippen molar-refractivity contribution in [3.63, 3.8) is 0 Å². The van der Waals surface area contributed by atoms with E-state index in [1.165, 1.54) is 30.5 Å². The monoisotopic (exact) mass is 331 g/mol. The first-order valence-corrected chi connectivity index (χ1v) is 8.19. The smallest absolute Gasteiger partial charge is 0.307 e. The third kappa shape index (κ3) is 2.66. The van der Waals surface area contributed by atoms with Gasteiger partial charge in [-0.15, -0.1) is 0 Å². The summed E-state index contributed by atoms with van der Waals surface area (Å²) in [5.41, 5.74) is 0.840. The van der Waals surface area contributed by atoms with Gasteiger partial charge in [0.1, 0.15) is 5.75 Å². The summed E-state index contributed by atoms with van der Waals surface area (Å²) < 4.78 is 26.7. The van der Waals surface area contributed by atoms with Crippen molar-refractivity contribution in [1.29, 1.82) is 0 Å². The first kappa shape index (κ1) is 15.1. The summed E-state index contributed by atoms with van der Waals surface area (Å²) >= 11 is 0. The molecule has 0 aliphatic rings. The molecule has 3 aromatic rings. The zero-order valence-corrected chi connectivity index (χ0v) is 12.7. The van der Waals surface area contributed by atoms with Crippen molar-refractivity contribution < 1.29 is 23.4 Å². The zero-order chi connectivity index (χ0) is 16.6. The molecule has 118 valence electrons. The maximum Gasteiger partial charge on any atom is 0.307 e. The summed E-state index contributed by atoms with van der Waals surface area (Å²) in [6.07, 6.45) is 1.07. The topological polar surface area (TPSA) is 96.6 Å². The number of phenolic OH excluding ortho intramolecular Hbond substituents is 1. The summed E-state index contributed by atoms with van der Waals surface area (Å²) in [6, 6.07) is 11.9. The molecule has 1 heterocycles. The number of phenols is 1. The normalized spacial score (nSPS) is 11.7. The lowest BCUT2D eigenvalue weighted by molar-refractivity contribution is -0.136. The molecule has 0 aliphatic heterocycles. The number of hydrogen-bond acceptors (Lipinski definition) is 4. The van der Waals surface area contributed by atoms with Crippen LogP contribution in [0.25, 0.3) is 10.9 Å². The van der Waals surface area contributed by atoms with Crippen LogP contribution < -0.4 is 0 Å². The number of carboxylic acid groups (broad SMARTS) is 1. The number of aromatic hydroxyl groups is 1. The van der Waals surface area contributed by atoms with Gasteiger partial charge in [0, 0.05) is 11.6 Å². The van der Waals surface area contributed by atoms with Gasteiger partial charge in [0.15, 0.2) is 0 Å². The fraction of sp³-hybridized carbons (Fsp3) is 0.0625. The van der Waals surface area contributed by atoms with Crippen LogP contribution in [0.1, 0.15) is 5.56 Å². The molecular formula is C16H13NO5S. The van der Waals surface area contributed by atoms with Crippen LogP contribution in [-0.2, 0) is 21.2 Å². The summed E-state index contributed by atoms with van der Waals surface area (Å²) in [4.78, 5) is 11.0. The van der Waals surface area contributed by atoms with Crippen molar-refractivity contribution in [2.75, 3.05) is 0 Å². The standard InChI is InChI=1S/C16H13NO5S/c18-12-5-7-13(8-6-12)23(21,22)17-10-11(9-16(19)20)14-3-1-2-4-15(14)17/h1-8,10,18H,9H2,(H,19,20). The molecule has 0 aliphatic carbocycles. The highest BCUT2D eigenvalue weighted by molar-refractivity contribution is 7.90. The molecule has 2 aromatic carbocycles. The van der Waals surface area contributed by atoms with Crippen LogP contribution in [0.15, 0.2) is 59.6 Å². The predicted molar refractivity (Wildman–Crippen MR) is 84.0 cm³/mol. The first-order valence-electron chi connectivity index (χ1n) is 6.75. The third-order valence-corrected chi connectivity index (χ3v) is 5.18. The number of benzene rings is 2. The van der Waals surface area contributed by atoms with E-state index in [4.69, 9.17) is 5.11 Å². The molecule has 0 bridgehead atoms. The Balaban J connectivity index is 2.23. The van der Waals surface area contributed by atoms with Gasteiger partial charge in [-0.05, 0) is 35.9 Å². The molecule has 0 amide bonds. The van der Waals surface area contributed by atoms with Crippen LogP contribution in [-0.4, -0.2) is 28.6 Å². The van der Waals surface area contributed by atoms with E-state index in [0.717, 1.165) is 3.97 Å². The van der Waals surface area contributed by atoms with Crippen LogP contribution in [0.4, 0.5) is 0 Å². The lowest BCUT2D eigenvalue weighted by Gasteiger charge is -2.07. The van der Waals surface area contributed by atoms with Gasteiger partial charge in [0.2, 0.25) is 0 Å². The SMILES string of the molecule is O=C(O)Cc1cn(S(=O)(=O)c2ccc(O)cc2)c2ccccc12. The van der Waals surface area contributed by atoms with E-state index in [1.807, 2.05) is 0 Å². The quantitative estimate of drug-likeness (QED) is 0.764. The number of carbonyl (C=O) groups is 1. The number of carboxylic acids is 1. The fourth-order valence-electron chi connectivity index (χ4n) is 2.45. The molecule has 0 spiro atoms. The van der Waals surface area contributed by atoms with E-state index < -0.39 is 16.0 Å². The van der Waals surface area contributed by atoms with Gasteiger partial charge < -0.3 is 10.2 Å². The van der Waals surface area contributed by atoms with Gasteiger partial charge in [-0.3, -0.25) is 4.79 Å². The first-order chi connectivity index (χ1) is 10.9. The maximum absolute atomic E-state index is 12.8. The minimum atomic E-state index is -3.88. The second kappa shape index (κ2) is 5.44. The van der Waals surface area contributed by atoms with Crippen molar-refractivity contribution in [1.82, 2.24) is 3.97 Å². The molecule has 0 saturated heterocycles. The lowest BCUT2D eigenvalue weighted by atomic mass is 10.1. The molecule has 6 nitrogen and oxygen atoms in total. The van der Waals surface area contributed by atoms with E-state index in [0.29, 0.717) is 16.5 Å². The third-order valence-electron chi connectivity index (χ3n) is 3.50. The Labute approximate surface area is 132 Å². The Bertz CT molecular complexity index is 987. The largest absolute Gasteiger partial charge is 0.508 e. The second-order valence-corrected chi connectivity index (χ2v) is 6.85. The van der Waals surface area contributed by atoms with E-state index in [-0.39, 0.29) is 17.1 Å². The summed E-state index contributed by atoms with van der Waals surface area (Å²) in [6.45, 7) is 0. The Kier molecular flexibility index (Phi) is 3.57. The van der Waals surface area contributed by atoms with Crippen molar-refractivity contribution >= 4 is 26.9 Å². The number of hydrogen-bond donors (Lipinski definition) is 2. The summed E-state index contributed by atoms with van der Waals surface area (Å²) in [7, 11) is -3.88. The molecule has 2 N–H and O–H groups in total. The molecule has 7 heteroatoms. The average Bonchev–Trinajstić information content (AvgIpc) is 2.87. The number of rotatable bonds is 4. The predicted octanol–water partition coefficient (Wildman–Crippen LogP) is 2.21. The van der Waals surface area contributed by atoms with Crippen LogP contribution in [0.2, 0.25) is 0 Å². The second-order valence-electron chi connectivity index (χ2n) is 5.04. The van der Waals surface area contributed by atoms with Crippen LogP contribution in [0.5, 0.6) is 5.75 Å². The molecule has 0 atom stereocenters. The van der Waals surface area contributed by atoms with Gasteiger partial charge in [0.25, 0.3) is 10.0 Å². The van der Waals surface area contributed by atoms with E-state index in [2.05, 4.69) is 0 Å². The molecular weight excluding hydrogens is 318 g/mol. The number of nitrogens with zero attached hydrogens (tertiary/aromatic N) is 1. The minimum Gasteiger partial charge on any atom is -0.508 e. The molecule has 0 radical (unpaired) electrons. The van der Waals surface area contributed by atoms with Crippen LogP contribution in [0.3, 0.4) is 0 Å². The molecule has 0 unspecified atom stereocenters. The van der Waals surface area contributed by atoms with Crippen molar-refractivity contribution in [3.8, 4) is 5.75 Å². The molecule has 0 fully saturated rings. The molecule has 23 heavy (non-hydrogen) atoms. The number of fused-ring (bicyclic) bond motifs is 1. The fourth-order valence-corrected chi connectivity index (χ4v) is 3.84. The molecule has 0 saturated carbocycles. The Morgan fingerprint density at radius 2 is 1.70 bits per heavy atom. The number of para-hydroxylation sites is 1. The Morgan fingerprint density at radius 1 is 1.04 bits per heavy atom. The number of aliphatic carboxylic acids is 1. The van der Waals surface area contributed by atoms with Crippen molar-refractivity contribution in [2.45, 2.75) is 11.3 Å². The number of aromatic nitrogens is 1. The van der Waals surface area contributed by atoms with Gasteiger partial charge in [-0.1, -0.05) is 18.2 Å². The summed E-state index contributed by atoms with van der Waals surface area (Å²) in [5.74, 6) is -1.07. The van der Waals surface area contributed by atoms with Crippen molar-refractivity contribution in [2.24, 2.45) is 0 Å². The highest BCUT2D eigenvalue weighted by Gasteiger charge is 2.21. The average molecular weight is 331 g/mol. The summed E-state index contributed by atoms with van der Waals surface area (Å²) in [5, 5.41) is 18.9. The molecule has 3 rings (SSSR count). The molecule has 1 aromatic heterocycles. The van der Waals surface area contributed by atoms with E-state index in [1.54, 1.807) is 24.3 Å². The Morgan fingerprint density at radius 3 is 2.35 bits per heavy atom. The minimum absolute atomic E-state index is 0.0120. The van der Waals surface area contributed by atoms with E-state index in [9.17, 15) is 18.3 Å². The van der Waals surface area contributed by atoms with Crippen LogP contribution >= 0.6 is 0 Å². The highest BCUT2D eigenvalue weighted by Crippen LogP contribution is 2.27. The van der Waals surface area contributed by atoms with Crippen molar-refractivity contribution in [3.05, 3.63) is 60.3 Å².